The molecule has 0 aliphatic heterocycles. The standard InChI is InChI=1S/C3H7NO2.Na.H/c1-2(5)3(4)6;;/h2,5H,1H3,(H2,4,6);;. The number of nitrogens with two attached hydrogens (primary N) is 1. The van der Waals surface area contributed by atoms with Gasteiger partial charge in [0.1, 0.15) is 6.10 Å². The van der Waals surface area contributed by atoms with E-state index in [1.54, 1.807) is 0 Å². The van der Waals surface area contributed by atoms with Gasteiger partial charge in [0.05, 0.1) is 0 Å². The molecule has 0 saturated heterocycles. The molecular formula is C3H8NNaO2. The van der Waals surface area contributed by atoms with Gasteiger partial charge >= 0.3 is 29.6 Å². The SMILES string of the molecule is CC(O)C(N)=O.[NaH]. The summed E-state index contributed by atoms with van der Waals surface area (Å²) in [6.07, 6.45) is -1.01. The number of hydrogen-bond acceptors (Lipinski definition) is 2. The summed E-state index contributed by atoms with van der Waals surface area (Å²) in [7, 11) is 0. The molecule has 0 aromatic rings. The Hall–Kier alpha value is 0.430. The van der Waals surface area contributed by atoms with Crippen LogP contribution < -0.4 is 5.73 Å². The number of carbonyl (C=O) groups excluding carboxylic acids is 1. The molecule has 0 aliphatic carbocycles. The Kier molecular flexibility index (Phi) is 6.82. The number of rotatable bonds is 1. The fourth-order valence-electron chi connectivity index (χ4n) is 0. The van der Waals surface area contributed by atoms with Crippen molar-refractivity contribution in [3.63, 3.8) is 0 Å². The number of amides is 1. The fourth-order valence-corrected chi connectivity index (χ4v) is 0. The van der Waals surface area contributed by atoms with Crippen molar-refractivity contribution in [2.24, 2.45) is 5.73 Å². The van der Waals surface area contributed by atoms with E-state index in [9.17, 15) is 4.79 Å². The molecule has 0 bridgehead atoms. The van der Waals surface area contributed by atoms with Gasteiger partial charge in [0.15, 0.2) is 0 Å². The van der Waals surface area contributed by atoms with Crippen LogP contribution in [0, 0.1) is 0 Å². The average molecular weight is 113 g/mol. The molecule has 0 radical (unpaired) electrons. The van der Waals surface area contributed by atoms with E-state index in [1.165, 1.54) is 6.92 Å². The van der Waals surface area contributed by atoms with Gasteiger partial charge in [-0.2, -0.15) is 0 Å². The zero-order chi connectivity index (χ0) is 5.15. The molecule has 3 N–H and O–H groups in total. The molecule has 0 aliphatic rings. The van der Waals surface area contributed by atoms with E-state index in [2.05, 4.69) is 5.73 Å². The van der Waals surface area contributed by atoms with Crippen LogP contribution in [0.2, 0.25) is 0 Å². The molecule has 7 heavy (non-hydrogen) atoms. The maximum atomic E-state index is 9.67. The summed E-state index contributed by atoms with van der Waals surface area (Å²) in [5.41, 5.74) is 4.55. The topological polar surface area (TPSA) is 63.3 Å². The summed E-state index contributed by atoms with van der Waals surface area (Å²) >= 11 is 0. The molecule has 0 heterocycles. The van der Waals surface area contributed by atoms with Crippen molar-refractivity contribution in [3.8, 4) is 0 Å². The summed E-state index contributed by atoms with van der Waals surface area (Å²) in [6, 6.07) is 0. The van der Waals surface area contributed by atoms with Gasteiger partial charge in [-0.1, -0.05) is 0 Å². The molecule has 0 saturated carbocycles. The first-order valence-electron chi connectivity index (χ1n) is 1.62. The Morgan fingerprint density at radius 3 is 2.00 bits per heavy atom. The predicted octanol–water partition coefficient (Wildman–Crippen LogP) is -1.80. The van der Waals surface area contributed by atoms with Crippen LogP contribution in [0.15, 0.2) is 0 Å². The number of hydrogen-bond donors (Lipinski definition) is 2. The van der Waals surface area contributed by atoms with Crippen molar-refractivity contribution in [1.82, 2.24) is 0 Å². The normalized spacial score (nSPS) is 11.7. The molecule has 0 aromatic heterocycles. The summed E-state index contributed by atoms with van der Waals surface area (Å²) in [6.45, 7) is 1.32. The van der Waals surface area contributed by atoms with E-state index in [4.69, 9.17) is 5.11 Å². The summed E-state index contributed by atoms with van der Waals surface area (Å²) in [5.74, 6) is -0.685. The van der Waals surface area contributed by atoms with Gasteiger partial charge in [0, 0.05) is 0 Å². The number of carbonyl (C=O) groups is 1. The molecule has 1 amide bonds. The molecule has 0 rings (SSSR count). The second-order valence-corrected chi connectivity index (χ2v) is 1.08. The third-order valence-corrected chi connectivity index (χ3v) is 0.412. The predicted molar refractivity (Wildman–Crippen MR) is 28.0 cm³/mol. The van der Waals surface area contributed by atoms with Crippen LogP contribution in [0.5, 0.6) is 0 Å². The van der Waals surface area contributed by atoms with Gasteiger partial charge in [-0.25, -0.2) is 0 Å². The molecule has 3 nitrogen and oxygen atoms in total. The van der Waals surface area contributed by atoms with E-state index < -0.39 is 12.0 Å². The fraction of sp³-hybridized carbons (Fsp3) is 0.667. The molecule has 1 unspecified atom stereocenters. The quantitative estimate of drug-likeness (QED) is 0.394. The monoisotopic (exact) mass is 113 g/mol. The van der Waals surface area contributed by atoms with Gasteiger partial charge in [-0.15, -0.1) is 0 Å². The number of aliphatic hydroxyl groups excluding tert-OH is 1. The second kappa shape index (κ2) is 4.59. The molecule has 0 fully saturated rings. The van der Waals surface area contributed by atoms with Crippen LogP contribution in [-0.4, -0.2) is 46.7 Å². The van der Waals surface area contributed by atoms with Crippen LogP contribution in [0.1, 0.15) is 6.92 Å². The Bertz CT molecular complexity index is 64.0. The van der Waals surface area contributed by atoms with Gasteiger partial charge < -0.3 is 10.8 Å². The van der Waals surface area contributed by atoms with E-state index >= 15 is 0 Å². The molecule has 38 valence electrons. The van der Waals surface area contributed by atoms with E-state index in [-0.39, 0.29) is 29.6 Å². The molecule has 0 spiro atoms. The average Bonchev–Trinajstić information content (AvgIpc) is 1.36. The summed E-state index contributed by atoms with van der Waals surface area (Å²) in [5, 5.41) is 8.16. The van der Waals surface area contributed by atoms with Crippen LogP contribution in [0.4, 0.5) is 0 Å². The van der Waals surface area contributed by atoms with Crippen LogP contribution in [0.25, 0.3) is 0 Å². The van der Waals surface area contributed by atoms with Crippen molar-refractivity contribution in [2.45, 2.75) is 13.0 Å². The van der Waals surface area contributed by atoms with Crippen molar-refractivity contribution in [2.75, 3.05) is 0 Å². The van der Waals surface area contributed by atoms with Gasteiger partial charge in [0.2, 0.25) is 5.91 Å². The Balaban J connectivity index is 0. The number of primary amides is 1. The maximum absolute atomic E-state index is 9.67. The third-order valence-electron chi connectivity index (χ3n) is 0.412. The zero-order valence-corrected chi connectivity index (χ0v) is 3.51. The summed E-state index contributed by atoms with van der Waals surface area (Å²) in [4.78, 5) is 9.67. The minimum absolute atomic E-state index is 0. The third kappa shape index (κ3) is 6.43. The van der Waals surface area contributed by atoms with Gasteiger partial charge in [-0.05, 0) is 6.92 Å². The van der Waals surface area contributed by atoms with Crippen LogP contribution in [-0.2, 0) is 4.79 Å². The molecule has 4 heteroatoms. The molecule has 1 atom stereocenters. The van der Waals surface area contributed by atoms with E-state index in [1.807, 2.05) is 0 Å². The summed E-state index contributed by atoms with van der Waals surface area (Å²) < 4.78 is 0. The first kappa shape index (κ1) is 10.4. The first-order chi connectivity index (χ1) is 2.64. The minimum atomic E-state index is -1.01. The van der Waals surface area contributed by atoms with Crippen LogP contribution in [0.3, 0.4) is 0 Å². The Morgan fingerprint density at radius 2 is 2.00 bits per heavy atom. The van der Waals surface area contributed by atoms with Crippen LogP contribution >= 0.6 is 0 Å². The van der Waals surface area contributed by atoms with Gasteiger partial charge in [0.25, 0.3) is 0 Å². The van der Waals surface area contributed by atoms with Crippen molar-refractivity contribution in [3.05, 3.63) is 0 Å². The zero-order valence-electron chi connectivity index (χ0n) is 3.51. The number of aliphatic hydroxyl groups is 1. The van der Waals surface area contributed by atoms with Crippen molar-refractivity contribution >= 4 is 35.5 Å². The second-order valence-electron chi connectivity index (χ2n) is 1.08. The molecular weight excluding hydrogens is 105 g/mol. The Morgan fingerprint density at radius 1 is 1.86 bits per heavy atom. The first-order valence-corrected chi connectivity index (χ1v) is 1.62. The molecule has 0 aromatic carbocycles. The van der Waals surface area contributed by atoms with Crippen molar-refractivity contribution < 1.29 is 9.90 Å². The van der Waals surface area contributed by atoms with E-state index in [0.717, 1.165) is 0 Å². The van der Waals surface area contributed by atoms with E-state index in [0.29, 0.717) is 0 Å². The van der Waals surface area contributed by atoms with Crippen molar-refractivity contribution in [1.29, 1.82) is 0 Å². The van der Waals surface area contributed by atoms with Gasteiger partial charge in [-0.3, -0.25) is 4.79 Å². The Labute approximate surface area is 64.2 Å².